The van der Waals surface area contributed by atoms with Gasteiger partial charge in [-0.1, -0.05) is 17.6 Å². The maximum Gasteiger partial charge on any atom is 0.316 e. The van der Waals surface area contributed by atoms with Gasteiger partial charge in [0.15, 0.2) is 11.6 Å². The third-order valence-electron chi connectivity index (χ3n) is 8.32. The second-order valence-corrected chi connectivity index (χ2v) is 11.0. The van der Waals surface area contributed by atoms with Gasteiger partial charge in [-0.05, 0) is 50.5 Å². The molecule has 4 aliphatic rings. The Morgan fingerprint density at radius 2 is 2.00 bits per heavy atom. The zero-order valence-electron chi connectivity index (χ0n) is 20.0. The number of hydrogen-bond acceptors (Lipinski definition) is 8. The summed E-state index contributed by atoms with van der Waals surface area (Å²) in [5.74, 6) is -0.876. The van der Waals surface area contributed by atoms with Crippen LogP contribution in [0.15, 0.2) is 16.5 Å². The highest BCUT2D eigenvalue weighted by atomic mass is 19.1. The molecule has 1 spiro atoms. The van der Waals surface area contributed by atoms with Crippen molar-refractivity contribution < 1.29 is 23.1 Å². The molecule has 186 valence electrons. The molecule has 2 aliphatic heterocycles. The van der Waals surface area contributed by atoms with Crippen molar-refractivity contribution in [3.63, 3.8) is 0 Å². The molecular formula is C25H30FN5O4. The molecule has 2 N–H and O–H groups in total. The molecule has 0 bridgehead atoms. The van der Waals surface area contributed by atoms with E-state index in [4.69, 9.17) is 9.15 Å². The van der Waals surface area contributed by atoms with Gasteiger partial charge < -0.3 is 19.4 Å². The van der Waals surface area contributed by atoms with Crippen molar-refractivity contribution in [2.24, 2.45) is 5.41 Å². The molecule has 10 heteroatoms. The first-order chi connectivity index (χ1) is 16.8. The van der Waals surface area contributed by atoms with Gasteiger partial charge in [0.25, 0.3) is 0 Å². The molecule has 2 saturated carbocycles. The van der Waals surface area contributed by atoms with Crippen LogP contribution in [0.2, 0.25) is 0 Å². The molecule has 35 heavy (non-hydrogen) atoms. The Labute approximate surface area is 202 Å². The number of aromatic nitrogens is 2. The van der Waals surface area contributed by atoms with Crippen molar-refractivity contribution in [2.75, 3.05) is 30.4 Å². The summed E-state index contributed by atoms with van der Waals surface area (Å²) in [5.41, 5.74) is 1.10. The van der Waals surface area contributed by atoms with Crippen LogP contribution in [0.25, 0.3) is 0 Å². The molecule has 1 unspecified atom stereocenters. The first-order valence-electron chi connectivity index (χ1n) is 12.3. The fourth-order valence-electron chi connectivity index (χ4n) is 6.26. The predicted molar refractivity (Wildman–Crippen MR) is 125 cm³/mol. The molecule has 2 amide bonds. The molecule has 2 aromatic rings. The van der Waals surface area contributed by atoms with E-state index in [2.05, 4.69) is 27.8 Å². The summed E-state index contributed by atoms with van der Waals surface area (Å²) in [6.45, 7) is 3.23. The Balaban J connectivity index is 1.11. The highest BCUT2D eigenvalue weighted by molar-refractivity contribution is 6.01. The number of benzene rings is 1. The summed E-state index contributed by atoms with van der Waals surface area (Å²) < 4.78 is 26.7. The summed E-state index contributed by atoms with van der Waals surface area (Å²) in [7, 11) is 1.42. The summed E-state index contributed by atoms with van der Waals surface area (Å²) in [6, 6.07) is 3.81. The van der Waals surface area contributed by atoms with Crippen LogP contribution in [-0.4, -0.2) is 47.7 Å². The van der Waals surface area contributed by atoms with Crippen LogP contribution in [-0.2, 0) is 9.59 Å². The van der Waals surface area contributed by atoms with Crippen molar-refractivity contribution >= 4 is 23.5 Å². The number of carbonyl (C=O) groups is 2. The number of hydrogen-bond donors (Lipinski definition) is 2. The van der Waals surface area contributed by atoms with E-state index in [0.29, 0.717) is 36.1 Å². The van der Waals surface area contributed by atoms with E-state index in [-0.39, 0.29) is 35.6 Å². The standard InChI is InChI=1S/C25H30FN5O4/c1-24(28-23-30-29-22(35-23)14-10-25(11-14)8-3-9-25)12-31(13-24)17-6-4-15(19(26)20(17)34-2)16-5-7-18(32)27-21(16)33/h4,6,14,16H,3,5,7-13H2,1-2H3,(H,28,30)(H,27,32,33). The third-order valence-corrected chi connectivity index (χ3v) is 8.32. The van der Waals surface area contributed by atoms with Crippen molar-refractivity contribution in [2.45, 2.75) is 69.2 Å². The zero-order valence-corrected chi connectivity index (χ0v) is 20.0. The molecule has 2 aliphatic carbocycles. The predicted octanol–water partition coefficient (Wildman–Crippen LogP) is 3.48. The van der Waals surface area contributed by atoms with Gasteiger partial charge in [0.2, 0.25) is 17.7 Å². The third kappa shape index (κ3) is 3.73. The molecule has 3 heterocycles. The van der Waals surface area contributed by atoms with E-state index in [1.54, 1.807) is 12.1 Å². The van der Waals surface area contributed by atoms with Crippen molar-refractivity contribution in [1.82, 2.24) is 15.5 Å². The van der Waals surface area contributed by atoms with Gasteiger partial charge in [0.1, 0.15) is 0 Å². The van der Waals surface area contributed by atoms with Gasteiger partial charge in [-0.25, -0.2) is 4.39 Å². The SMILES string of the molecule is COc1c(N2CC(C)(Nc3nnc(C4CC5(CCC5)C4)o3)C2)ccc(C2CCC(=O)NC2=O)c1F. The molecule has 4 fully saturated rings. The molecule has 6 rings (SSSR count). The molecule has 1 aromatic heterocycles. The van der Waals surface area contributed by atoms with Crippen molar-refractivity contribution in [3.05, 3.63) is 29.4 Å². The minimum Gasteiger partial charge on any atom is -0.492 e. The number of amides is 2. The number of ether oxygens (including phenoxy) is 1. The quantitative estimate of drug-likeness (QED) is 0.601. The topological polar surface area (TPSA) is 110 Å². The Morgan fingerprint density at radius 1 is 1.23 bits per heavy atom. The normalized spacial score (nSPS) is 24.9. The van der Waals surface area contributed by atoms with Crippen LogP contribution < -0.4 is 20.3 Å². The summed E-state index contributed by atoms with van der Waals surface area (Å²) in [4.78, 5) is 25.7. The number of halogens is 1. The summed E-state index contributed by atoms with van der Waals surface area (Å²) in [5, 5.41) is 14.1. The first-order valence-corrected chi connectivity index (χ1v) is 12.3. The molecular weight excluding hydrogens is 453 g/mol. The van der Waals surface area contributed by atoms with E-state index in [1.165, 1.54) is 26.4 Å². The number of anilines is 2. The number of methoxy groups -OCH3 is 1. The fraction of sp³-hybridized carbons (Fsp3) is 0.600. The van der Waals surface area contributed by atoms with Crippen LogP contribution in [0.1, 0.15) is 75.2 Å². The molecule has 2 saturated heterocycles. The highest BCUT2D eigenvalue weighted by Gasteiger charge is 2.50. The molecule has 9 nitrogen and oxygen atoms in total. The van der Waals surface area contributed by atoms with Crippen molar-refractivity contribution in [3.8, 4) is 5.75 Å². The summed E-state index contributed by atoms with van der Waals surface area (Å²) in [6.07, 6.45) is 6.77. The second-order valence-electron chi connectivity index (χ2n) is 11.0. The van der Waals surface area contributed by atoms with Crippen LogP contribution >= 0.6 is 0 Å². The van der Waals surface area contributed by atoms with Crippen LogP contribution in [0.5, 0.6) is 5.75 Å². The monoisotopic (exact) mass is 483 g/mol. The van der Waals surface area contributed by atoms with Gasteiger partial charge in [0, 0.05) is 31.0 Å². The van der Waals surface area contributed by atoms with E-state index in [9.17, 15) is 9.59 Å². The van der Waals surface area contributed by atoms with Gasteiger partial charge in [-0.15, -0.1) is 5.10 Å². The molecule has 1 aromatic carbocycles. The Morgan fingerprint density at radius 3 is 2.66 bits per heavy atom. The maximum atomic E-state index is 15.4. The average molecular weight is 484 g/mol. The Hall–Kier alpha value is -3.17. The van der Waals surface area contributed by atoms with E-state index in [1.807, 2.05) is 4.90 Å². The van der Waals surface area contributed by atoms with Crippen LogP contribution in [0, 0.1) is 11.2 Å². The highest BCUT2D eigenvalue weighted by Crippen LogP contribution is 2.61. The lowest BCUT2D eigenvalue weighted by Crippen LogP contribution is -2.64. The van der Waals surface area contributed by atoms with Gasteiger partial charge in [-0.2, -0.15) is 0 Å². The lowest BCUT2D eigenvalue weighted by Gasteiger charge is -2.53. The fourth-order valence-corrected chi connectivity index (χ4v) is 6.26. The smallest absolute Gasteiger partial charge is 0.316 e. The second kappa shape index (κ2) is 7.93. The lowest BCUT2D eigenvalue weighted by atomic mass is 9.52. The van der Waals surface area contributed by atoms with E-state index < -0.39 is 17.6 Å². The number of nitrogens with zero attached hydrogens (tertiary/aromatic N) is 3. The largest absolute Gasteiger partial charge is 0.492 e. The van der Waals surface area contributed by atoms with Crippen LogP contribution in [0.4, 0.5) is 16.1 Å². The van der Waals surface area contributed by atoms with Gasteiger partial charge in [-0.3, -0.25) is 14.9 Å². The van der Waals surface area contributed by atoms with Crippen molar-refractivity contribution in [1.29, 1.82) is 0 Å². The first kappa shape index (κ1) is 22.3. The average Bonchev–Trinajstić information content (AvgIpc) is 3.18. The minimum absolute atomic E-state index is 0.101. The number of rotatable bonds is 6. The number of nitrogens with one attached hydrogen (secondary N) is 2. The Bertz CT molecular complexity index is 1180. The zero-order chi connectivity index (χ0) is 24.4. The van der Waals surface area contributed by atoms with Gasteiger partial charge in [0.05, 0.1) is 24.3 Å². The summed E-state index contributed by atoms with van der Waals surface area (Å²) >= 11 is 0. The minimum atomic E-state index is -0.708. The molecule has 1 atom stereocenters. The van der Waals surface area contributed by atoms with E-state index >= 15 is 4.39 Å². The molecule has 0 radical (unpaired) electrons. The Kier molecular flexibility index (Phi) is 5.05. The number of imide groups is 1. The number of carbonyl (C=O) groups excluding carboxylic acids is 2. The van der Waals surface area contributed by atoms with Crippen LogP contribution in [0.3, 0.4) is 0 Å². The van der Waals surface area contributed by atoms with E-state index in [0.717, 1.165) is 18.7 Å². The maximum absolute atomic E-state index is 15.4. The van der Waals surface area contributed by atoms with Gasteiger partial charge >= 0.3 is 6.01 Å². The lowest BCUT2D eigenvalue weighted by molar-refractivity contribution is -0.134. The number of piperidine rings is 1.